The third kappa shape index (κ3) is 3.11. The molecule has 1 amide bonds. The van der Waals surface area contributed by atoms with Crippen molar-refractivity contribution in [2.24, 2.45) is 0 Å². The van der Waals surface area contributed by atoms with Gasteiger partial charge in [-0.25, -0.2) is 0 Å². The molecule has 0 saturated heterocycles. The van der Waals surface area contributed by atoms with Gasteiger partial charge in [0.15, 0.2) is 0 Å². The smallest absolute Gasteiger partial charge is 0.310 e. The van der Waals surface area contributed by atoms with Crippen molar-refractivity contribution in [1.29, 1.82) is 0 Å². The van der Waals surface area contributed by atoms with Gasteiger partial charge in [-0.05, 0) is 47.2 Å². The molecule has 0 aliphatic carbocycles. The van der Waals surface area contributed by atoms with Gasteiger partial charge in [0, 0.05) is 12.1 Å². The quantitative estimate of drug-likeness (QED) is 0.902. The Morgan fingerprint density at radius 2 is 1.83 bits per heavy atom. The summed E-state index contributed by atoms with van der Waals surface area (Å²) < 4.78 is 0. The molecule has 1 atom stereocenters. The number of carbonyl (C=O) groups is 2. The molecular formula is C19H19NO3. The zero-order valence-corrected chi connectivity index (χ0v) is 13.0. The van der Waals surface area contributed by atoms with E-state index in [1.807, 2.05) is 43.3 Å². The fourth-order valence-electron chi connectivity index (χ4n) is 3.02. The van der Waals surface area contributed by atoms with E-state index >= 15 is 0 Å². The summed E-state index contributed by atoms with van der Waals surface area (Å²) in [7, 11) is 0. The van der Waals surface area contributed by atoms with Crippen molar-refractivity contribution in [3.05, 3.63) is 53.6 Å². The van der Waals surface area contributed by atoms with Gasteiger partial charge in [0.05, 0.1) is 5.92 Å². The predicted molar refractivity (Wildman–Crippen MR) is 89.5 cm³/mol. The molecule has 2 N–H and O–H groups in total. The van der Waals surface area contributed by atoms with Crippen LogP contribution in [-0.4, -0.2) is 17.0 Å². The van der Waals surface area contributed by atoms with Crippen LogP contribution in [0.4, 0.5) is 5.69 Å². The van der Waals surface area contributed by atoms with E-state index < -0.39 is 11.9 Å². The van der Waals surface area contributed by atoms with E-state index in [0.29, 0.717) is 12.8 Å². The molecule has 0 fully saturated rings. The van der Waals surface area contributed by atoms with E-state index in [4.69, 9.17) is 0 Å². The molecule has 1 aliphatic heterocycles. The Bertz CT molecular complexity index is 750. The number of amides is 1. The standard InChI is InChI=1S/C19H19NO3/c1-2-16(19(22)23)13-5-3-12(4-6-13)14-7-9-17-15(11-14)8-10-18(21)20-17/h3-7,9,11,16H,2,8,10H2,1H3,(H,20,21)(H,22,23). The number of rotatable bonds is 4. The topological polar surface area (TPSA) is 66.4 Å². The van der Waals surface area contributed by atoms with Gasteiger partial charge in [0.1, 0.15) is 0 Å². The first-order chi connectivity index (χ1) is 11.1. The second-order valence-corrected chi connectivity index (χ2v) is 5.84. The Labute approximate surface area is 135 Å². The first-order valence-corrected chi connectivity index (χ1v) is 7.84. The molecule has 0 bridgehead atoms. The molecular weight excluding hydrogens is 290 g/mol. The van der Waals surface area contributed by atoms with Gasteiger partial charge in [-0.3, -0.25) is 9.59 Å². The second-order valence-electron chi connectivity index (χ2n) is 5.84. The largest absolute Gasteiger partial charge is 0.481 e. The van der Waals surface area contributed by atoms with Crippen molar-refractivity contribution in [2.45, 2.75) is 32.1 Å². The number of carbonyl (C=O) groups excluding carboxylic acids is 1. The van der Waals surface area contributed by atoms with Gasteiger partial charge < -0.3 is 10.4 Å². The lowest BCUT2D eigenvalue weighted by atomic mass is 9.93. The van der Waals surface area contributed by atoms with Crippen LogP contribution >= 0.6 is 0 Å². The number of aryl methyl sites for hydroxylation is 1. The molecule has 0 aromatic heterocycles. The summed E-state index contributed by atoms with van der Waals surface area (Å²) in [6.45, 7) is 1.88. The minimum atomic E-state index is -0.787. The summed E-state index contributed by atoms with van der Waals surface area (Å²) in [5, 5.41) is 12.1. The lowest BCUT2D eigenvalue weighted by Gasteiger charge is -2.18. The Morgan fingerprint density at radius 1 is 1.13 bits per heavy atom. The monoisotopic (exact) mass is 309 g/mol. The van der Waals surface area contributed by atoms with Gasteiger partial charge in [0.2, 0.25) is 5.91 Å². The first kappa shape index (κ1) is 15.3. The number of anilines is 1. The van der Waals surface area contributed by atoms with E-state index in [1.165, 1.54) is 0 Å². The zero-order chi connectivity index (χ0) is 16.4. The Hall–Kier alpha value is -2.62. The molecule has 1 aliphatic rings. The average molecular weight is 309 g/mol. The number of carboxylic acid groups (broad SMARTS) is 1. The van der Waals surface area contributed by atoms with Crippen LogP contribution in [0.5, 0.6) is 0 Å². The highest BCUT2D eigenvalue weighted by Crippen LogP contribution is 2.30. The highest BCUT2D eigenvalue weighted by molar-refractivity contribution is 5.94. The Balaban J connectivity index is 1.88. The van der Waals surface area contributed by atoms with Gasteiger partial charge in [-0.2, -0.15) is 0 Å². The van der Waals surface area contributed by atoms with E-state index in [2.05, 4.69) is 11.4 Å². The third-order valence-electron chi connectivity index (χ3n) is 4.35. The number of aliphatic carboxylic acids is 1. The SMILES string of the molecule is CCC(C(=O)O)c1ccc(-c2ccc3c(c2)CCC(=O)N3)cc1. The van der Waals surface area contributed by atoms with Crippen molar-refractivity contribution < 1.29 is 14.7 Å². The number of carboxylic acids is 1. The first-order valence-electron chi connectivity index (χ1n) is 7.84. The van der Waals surface area contributed by atoms with Crippen LogP contribution in [0.25, 0.3) is 11.1 Å². The molecule has 0 spiro atoms. The summed E-state index contributed by atoms with van der Waals surface area (Å²) in [6, 6.07) is 13.7. The lowest BCUT2D eigenvalue weighted by Crippen LogP contribution is -2.18. The van der Waals surface area contributed by atoms with Crippen LogP contribution in [-0.2, 0) is 16.0 Å². The minimum Gasteiger partial charge on any atom is -0.481 e. The Morgan fingerprint density at radius 3 is 2.48 bits per heavy atom. The van der Waals surface area contributed by atoms with Crippen LogP contribution in [0.1, 0.15) is 36.8 Å². The van der Waals surface area contributed by atoms with E-state index in [1.54, 1.807) is 0 Å². The molecule has 3 rings (SSSR count). The normalized spacial score (nSPS) is 14.7. The zero-order valence-electron chi connectivity index (χ0n) is 13.0. The molecule has 23 heavy (non-hydrogen) atoms. The summed E-state index contributed by atoms with van der Waals surface area (Å²) in [6.07, 6.45) is 1.85. The van der Waals surface area contributed by atoms with Crippen molar-refractivity contribution in [2.75, 3.05) is 5.32 Å². The molecule has 0 saturated carbocycles. The molecule has 2 aromatic carbocycles. The third-order valence-corrected chi connectivity index (χ3v) is 4.35. The van der Waals surface area contributed by atoms with E-state index in [0.717, 1.165) is 34.4 Å². The van der Waals surface area contributed by atoms with Gasteiger partial charge in [-0.15, -0.1) is 0 Å². The lowest BCUT2D eigenvalue weighted by molar-refractivity contribution is -0.138. The van der Waals surface area contributed by atoms with Crippen molar-refractivity contribution in [3.63, 3.8) is 0 Å². The van der Waals surface area contributed by atoms with E-state index in [-0.39, 0.29) is 5.91 Å². The minimum absolute atomic E-state index is 0.0638. The van der Waals surface area contributed by atoms with Crippen molar-refractivity contribution >= 4 is 17.6 Å². The maximum absolute atomic E-state index is 11.4. The molecule has 118 valence electrons. The van der Waals surface area contributed by atoms with Gasteiger partial charge in [-0.1, -0.05) is 37.3 Å². The highest BCUT2D eigenvalue weighted by Gasteiger charge is 2.18. The van der Waals surface area contributed by atoms with Crippen LogP contribution in [0.15, 0.2) is 42.5 Å². The second kappa shape index (κ2) is 6.24. The highest BCUT2D eigenvalue weighted by atomic mass is 16.4. The predicted octanol–water partition coefficient (Wildman–Crippen LogP) is 3.82. The summed E-state index contributed by atoms with van der Waals surface area (Å²) in [5.41, 5.74) is 4.99. The molecule has 2 aromatic rings. The van der Waals surface area contributed by atoms with Gasteiger partial charge in [0.25, 0.3) is 0 Å². The van der Waals surface area contributed by atoms with Crippen LogP contribution in [0.2, 0.25) is 0 Å². The fraction of sp³-hybridized carbons (Fsp3) is 0.263. The van der Waals surface area contributed by atoms with Crippen LogP contribution < -0.4 is 5.32 Å². The number of hydrogen-bond donors (Lipinski definition) is 2. The van der Waals surface area contributed by atoms with Crippen LogP contribution in [0.3, 0.4) is 0 Å². The number of benzene rings is 2. The van der Waals surface area contributed by atoms with Gasteiger partial charge >= 0.3 is 5.97 Å². The number of nitrogens with one attached hydrogen (secondary N) is 1. The molecule has 0 radical (unpaired) electrons. The van der Waals surface area contributed by atoms with Crippen LogP contribution in [0, 0.1) is 0 Å². The van der Waals surface area contributed by atoms with Crippen molar-refractivity contribution in [1.82, 2.24) is 0 Å². The average Bonchev–Trinajstić information content (AvgIpc) is 2.55. The maximum atomic E-state index is 11.4. The Kier molecular flexibility index (Phi) is 4.15. The fourth-order valence-corrected chi connectivity index (χ4v) is 3.02. The molecule has 1 heterocycles. The number of fused-ring (bicyclic) bond motifs is 1. The summed E-state index contributed by atoms with van der Waals surface area (Å²) >= 11 is 0. The maximum Gasteiger partial charge on any atom is 0.310 e. The van der Waals surface area contributed by atoms with Crippen molar-refractivity contribution in [3.8, 4) is 11.1 Å². The number of hydrogen-bond acceptors (Lipinski definition) is 2. The molecule has 1 unspecified atom stereocenters. The van der Waals surface area contributed by atoms with E-state index in [9.17, 15) is 14.7 Å². The summed E-state index contributed by atoms with van der Waals surface area (Å²) in [4.78, 5) is 22.6. The molecule has 4 heteroatoms. The molecule has 4 nitrogen and oxygen atoms in total. The summed E-state index contributed by atoms with van der Waals surface area (Å²) in [5.74, 6) is -1.18.